The summed E-state index contributed by atoms with van der Waals surface area (Å²) in [6, 6.07) is 5.44. The van der Waals surface area contributed by atoms with Gasteiger partial charge >= 0.3 is 5.97 Å². The Labute approximate surface area is 139 Å². The number of hydrogen-bond donors (Lipinski definition) is 2. The summed E-state index contributed by atoms with van der Waals surface area (Å²) < 4.78 is 0. The molecular formula is C16H19Cl2NO3. The first kappa shape index (κ1) is 17.1. The maximum atomic E-state index is 12.1. The van der Waals surface area contributed by atoms with E-state index in [2.05, 4.69) is 5.32 Å². The number of aliphatic carboxylic acids is 1. The van der Waals surface area contributed by atoms with Gasteiger partial charge in [-0.2, -0.15) is 0 Å². The summed E-state index contributed by atoms with van der Waals surface area (Å²) in [5.41, 5.74) is 0.0622. The van der Waals surface area contributed by atoms with Crippen LogP contribution in [0, 0.1) is 11.3 Å². The molecule has 2 rings (SSSR count). The van der Waals surface area contributed by atoms with Crippen molar-refractivity contribution in [2.75, 3.05) is 6.54 Å². The third kappa shape index (κ3) is 3.73. The molecule has 1 fully saturated rings. The minimum absolute atomic E-state index is 0.0535. The van der Waals surface area contributed by atoms with Crippen molar-refractivity contribution in [3.8, 4) is 0 Å². The van der Waals surface area contributed by atoms with Crippen molar-refractivity contribution in [2.45, 2.75) is 32.6 Å². The first-order chi connectivity index (χ1) is 10.2. The molecule has 0 heterocycles. The van der Waals surface area contributed by atoms with Gasteiger partial charge in [-0.1, -0.05) is 35.3 Å². The van der Waals surface area contributed by atoms with Gasteiger partial charge in [0.15, 0.2) is 0 Å². The fraction of sp³-hybridized carbons (Fsp3) is 0.500. The van der Waals surface area contributed by atoms with Crippen LogP contribution in [-0.2, 0) is 9.59 Å². The molecule has 0 aliphatic heterocycles. The highest BCUT2D eigenvalue weighted by Crippen LogP contribution is 2.50. The monoisotopic (exact) mass is 343 g/mol. The first-order valence-corrected chi connectivity index (χ1v) is 7.94. The van der Waals surface area contributed by atoms with Crippen LogP contribution in [-0.4, -0.2) is 23.5 Å². The Morgan fingerprint density at radius 3 is 2.68 bits per heavy atom. The summed E-state index contributed by atoms with van der Waals surface area (Å²) in [5, 5.41) is 12.9. The Kier molecular flexibility index (Phi) is 5.03. The van der Waals surface area contributed by atoms with Gasteiger partial charge in [-0.3, -0.25) is 9.59 Å². The summed E-state index contributed by atoms with van der Waals surface area (Å²) in [5.74, 6) is -0.929. The molecule has 0 saturated heterocycles. The molecule has 1 saturated carbocycles. The van der Waals surface area contributed by atoms with E-state index in [0.29, 0.717) is 23.0 Å². The zero-order valence-electron chi connectivity index (χ0n) is 12.5. The zero-order valence-corrected chi connectivity index (χ0v) is 14.0. The molecule has 2 N–H and O–H groups in total. The number of carboxylic acid groups (broad SMARTS) is 1. The molecule has 4 nitrogen and oxygen atoms in total. The largest absolute Gasteiger partial charge is 0.481 e. The van der Waals surface area contributed by atoms with Gasteiger partial charge in [0.1, 0.15) is 0 Å². The van der Waals surface area contributed by atoms with Crippen molar-refractivity contribution >= 4 is 35.1 Å². The third-order valence-corrected chi connectivity index (χ3v) is 4.97. The zero-order chi connectivity index (χ0) is 16.5. The van der Waals surface area contributed by atoms with Crippen molar-refractivity contribution in [1.82, 2.24) is 5.32 Å². The van der Waals surface area contributed by atoms with E-state index in [0.717, 1.165) is 12.0 Å². The molecule has 1 amide bonds. The molecule has 1 aliphatic rings. The van der Waals surface area contributed by atoms with Crippen LogP contribution in [0.15, 0.2) is 18.2 Å². The average Bonchev–Trinajstić information content (AvgIpc) is 3.21. The predicted molar refractivity (Wildman–Crippen MR) is 86.4 cm³/mol. The van der Waals surface area contributed by atoms with Crippen LogP contribution in [0.1, 0.15) is 38.2 Å². The second kappa shape index (κ2) is 6.47. The highest BCUT2D eigenvalue weighted by molar-refractivity contribution is 6.42. The molecule has 0 radical (unpaired) electrons. The molecule has 6 heteroatoms. The van der Waals surface area contributed by atoms with E-state index < -0.39 is 11.4 Å². The van der Waals surface area contributed by atoms with Crippen molar-refractivity contribution in [1.29, 1.82) is 0 Å². The second-order valence-corrected chi connectivity index (χ2v) is 7.11. The lowest BCUT2D eigenvalue weighted by Crippen LogP contribution is -2.32. The van der Waals surface area contributed by atoms with E-state index in [1.807, 2.05) is 12.1 Å². The molecule has 0 spiro atoms. The minimum atomic E-state index is -0.864. The predicted octanol–water partition coefficient (Wildman–Crippen LogP) is 3.71. The molecule has 0 bridgehead atoms. The molecule has 2 atom stereocenters. The lowest BCUT2D eigenvalue weighted by molar-refractivity contribution is -0.147. The van der Waals surface area contributed by atoms with Crippen LogP contribution in [0.3, 0.4) is 0 Å². The van der Waals surface area contributed by atoms with E-state index >= 15 is 0 Å². The van der Waals surface area contributed by atoms with Gasteiger partial charge in [-0.15, -0.1) is 0 Å². The highest BCUT2D eigenvalue weighted by atomic mass is 35.5. The third-order valence-electron chi connectivity index (χ3n) is 4.14. The van der Waals surface area contributed by atoms with Crippen molar-refractivity contribution < 1.29 is 14.7 Å². The van der Waals surface area contributed by atoms with Gasteiger partial charge in [0.2, 0.25) is 5.91 Å². The van der Waals surface area contributed by atoms with E-state index in [1.165, 1.54) is 0 Å². The van der Waals surface area contributed by atoms with E-state index in [4.69, 9.17) is 28.3 Å². The van der Waals surface area contributed by atoms with Gasteiger partial charge < -0.3 is 10.4 Å². The fourth-order valence-electron chi connectivity index (χ4n) is 2.37. The number of amides is 1. The van der Waals surface area contributed by atoms with Crippen LogP contribution in [0.2, 0.25) is 10.0 Å². The van der Waals surface area contributed by atoms with E-state index in [-0.39, 0.29) is 17.7 Å². The quantitative estimate of drug-likeness (QED) is 0.827. The molecule has 22 heavy (non-hydrogen) atoms. The Balaban J connectivity index is 1.86. The highest BCUT2D eigenvalue weighted by Gasteiger charge is 2.45. The Morgan fingerprint density at radius 2 is 2.05 bits per heavy atom. The lowest BCUT2D eigenvalue weighted by Gasteiger charge is -2.18. The number of rotatable bonds is 6. The summed E-state index contributed by atoms with van der Waals surface area (Å²) >= 11 is 12.2. The number of nitrogens with one attached hydrogen (secondary N) is 1. The number of halogens is 2. The second-order valence-electron chi connectivity index (χ2n) is 6.32. The van der Waals surface area contributed by atoms with Crippen LogP contribution < -0.4 is 5.32 Å². The standard InChI is InChI=1S/C16H19Cl2NO3/c1-16(2,15(21)22)6-7-19-14(20)11-8-10(11)9-4-3-5-12(17)13(9)18/h3-5,10-11H,6-8H2,1-2H3,(H,19,20)(H,21,22). The van der Waals surface area contributed by atoms with Gasteiger partial charge in [0.25, 0.3) is 0 Å². The number of benzene rings is 1. The fourth-order valence-corrected chi connectivity index (χ4v) is 2.82. The Morgan fingerprint density at radius 1 is 1.36 bits per heavy atom. The minimum Gasteiger partial charge on any atom is -0.481 e. The summed E-state index contributed by atoms with van der Waals surface area (Å²) in [6.45, 7) is 3.64. The van der Waals surface area contributed by atoms with Gasteiger partial charge in [0, 0.05) is 12.5 Å². The normalized spacial score (nSPS) is 20.5. The smallest absolute Gasteiger partial charge is 0.309 e. The Bertz CT molecular complexity index is 601. The molecule has 1 aliphatic carbocycles. The number of hydrogen-bond acceptors (Lipinski definition) is 2. The van der Waals surface area contributed by atoms with E-state index in [1.54, 1.807) is 19.9 Å². The molecule has 1 aromatic rings. The number of carboxylic acids is 1. The van der Waals surface area contributed by atoms with Gasteiger partial charge in [-0.05, 0) is 44.2 Å². The molecule has 0 aromatic heterocycles. The molecule has 120 valence electrons. The van der Waals surface area contributed by atoms with Gasteiger partial charge in [-0.25, -0.2) is 0 Å². The Hall–Kier alpha value is -1.26. The number of carbonyl (C=O) groups excluding carboxylic acids is 1. The lowest BCUT2D eigenvalue weighted by atomic mass is 9.90. The van der Waals surface area contributed by atoms with Crippen molar-refractivity contribution in [3.63, 3.8) is 0 Å². The maximum Gasteiger partial charge on any atom is 0.309 e. The maximum absolute atomic E-state index is 12.1. The van der Waals surface area contributed by atoms with Crippen molar-refractivity contribution in [3.05, 3.63) is 33.8 Å². The molecule has 1 aromatic carbocycles. The molecule has 2 unspecified atom stereocenters. The summed E-state index contributed by atoms with van der Waals surface area (Å²) in [4.78, 5) is 23.1. The van der Waals surface area contributed by atoms with Gasteiger partial charge in [0.05, 0.1) is 15.5 Å². The first-order valence-electron chi connectivity index (χ1n) is 7.19. The number of carbonyl (C=O) groups is 2. The van der Waals surface area contributed by atoms with Crippen LogP contribution in [0.4, 0.5) is 0 Å². The summed E-state index contributed by atoms with van der Waals surface area (Å²) in [7, 11) is 0. The van der Waals surface area contributed by atoms with E-state index in [9.17, 15) is 9.59 Å². The van der Waals surface area contributed by atoms with Crippen LogP contribution in [0.25, 0.3) is 0 Å². The van der Waals surface area contributed by atoms with Crippen LogP contribution in [0.5, 0.6) is 0 Å². The SMILES string of the molecule is CC(C)(CCNC(=O)C1CC1c1cccc(Cl)c1Cl)C(=O)O. The van der Waals surface area contributed by atoms with Crippen LogP contribution >= 0.6 is 23.2 Å². The summed E-state index contributed by atoms with van der Waals surface area (Å²) in [6.07, 6.45) is 1.14. The molecular weight excluding hydrogens is 325 g/mol. The van der Waals surface area contributed by atoms with Crippen molar-refractivity contribution in [2.24, 2.45) is 11.3 Å². The topological polar surface area (TPSA) is 66.4 Å². The average molecular weight is 344 g/mol.